The van der Waals surface area contributed by atoms with Crippen LogP contribution >= 0.6 is 11.8 Å². The summed E-state index contributed by atoms with van der Waals surface area (Å²) in [6.45, 7) is 0. The van der Waals surface area contributed by atoms with Crippen molar-refractivity contribution in [2.75, 3.05) is 0 Å². The lowest BCUT2D eigenvalue weighted by Crippen LogP contribution is -2.21. The Morgan fingerprint density at radius 1 is 1.38 bits per heavy atom. The Kier molecular flexibility index (Phi) is 4.09. The van der Waals surface area contributed by atoms with E-state index < -0.39 is 11.7 Å². The maximum absolute atomic E-state index is 12.7. The highest BCUT2D eigenvalue weighted by atomic mass is 32.2. The molecule has 0 amide bonds. The summed E-state index contributed by atoms with van der Waals surface area (Å²) in [6, 6.07) is 5.03. The number of alkyl halides is 4. The van der Waals surface area contributed by atoms with Gasteiger partial charge in [0.25, 0.3) is 0 Å². The fourth-order valence-electron chi connectivity index (χ4n) is 0.871. The first-order valence-corrected chi connectivity index (χ1v) is 4.80. The first-order chi connectivity index (χ1) is 7.45. The van der Waals surface area contributed by atoms with Gasteiger partial charge >= 0.3 is 11.7 Å². The van der Waals surface area contributed by atoms with E-state index >= 15 is 0 Å². The molecule has 1 aromatic carbocycles. The topological polar surface area (TPSA) is 29.4 Å². The lowest BCUT2D eigenvalue weighted by molar-refractivity contribution is -0.0563. The molecule has 0 spiro atoms. The molecule has 2 nitrogen and oxygen atoms in total. The van der Waals surface area contributed by atoms with Gasteiger partial charge < -0.3 is 0 Å². The predicted molar refractivity (Wildman–Crippen MR) is 51.0 cm³/mol. The predicted octanol–water partition coefficient (Wildman–Crippen LogP) is 3.60. The smallest absolute Gasteiger partial charge is 0.211 e. The molecule has 0 aliphatic heterocycles. The van der Waals surface area contributed by atoms with Crippen molar-refractivity contribution < 1.29 is 22.4 Å². The number of nitrogens with zero attached hydrogens (tertiary/aromatic N) is 1. The molecule has 16 heavy (non-hydrogen) atoms. The SMILES string of the molecule is O=C=Nc1cccc(SC(F)(F)C(F)F)c1. The van der Waals surface area contributed by atoms with Crippen LogP contribution in [-0.2, 0) is 4.79 Å². The van der Waals surface area contributed by atoms with Crippen molar-refractivity contribution in [3.05, 3.63) is 24.3 Å². The highest BCUT2D eigenvalue weighted by Gasteiger charge is 2.41. The molecule has 1 rings (SSSR count). The number of benzene rings is 1. The largest absolute Gasteiger partial charge is 0.357 e. The Morgan fingerprint density at radius 2 is 2.06 bits per heavy atom. The van der Waals surface area contributed by atoms with Crippen molar-refractivity contribution in [2.24, 2.45) is 4.99 Å². The molecule has 0 radical (unpaired) electrons. The van der Waals surface area contributed by atoms with Crippen molar-refractivity contribution in [3.63, 3.8) is 0 Å². The van der Waals surface area contributed by atoms with Crippen molar-refractivity contribution in [1.29, 1.82) is 0 Å². The minimum atomic E-state index is -4.16. The van der Waals surface area contributed by atoms with Crippen LogP contribution < -0.4 is 0 Å². The summed E-state index contributed by atoms with van der Waals surface area (Å²) < 4.78 is 49.1. The summed E-state index contributed by atoms with van der Waals surface area (Å²) in [5, 5.41) is -4.16. The minimum absolute atomic E-state index is 0.0880. The van der Waals surface area contributed by atoms with Crippen LogP contribution in [0, 0.1) is 0 Å². The van der Waals surface area contributed by atoms with Crippen LogP contribution in [0.3, 0.4) is 0 Å². The Balaban J connectivity index is 2.89. The number of carbonyl (C=O) groups excluding carboxylic acids is 1. The lowest BCUT2D eigenvalue weighted by Gasteiger charge is -2.14. The Labute approximate surface area is 92.4 Å². The molecule has 1 aromatic rings. The van der Waals surface area contributed by atoms with E-state index in [9.17, 15) is 22.4 Å². The molecular formula is C9H5F4NOS. The quantitative estimate of drug-likeness (QED) is 0.354. The number of isocyanates is 1. The molecule has 7 heteroatoms. The second kappa shape index (κ2) is 5.14. The average molecular weight is 251 g/mol. The van der Waals surface area contributed by atoms with E-state index in [-0.39, 0.29) is 22.3 Å². The number of rotatable bonds is 4. The second-order valence-electron chi connectivity index (χ2n) is 2.67. The molecule has 0 aliphatic rings. The molecule has 0 atom stereocenters. The monoisotopic (exact) mass is 251 g/mol. The van der Waals surface area contributed by atoms with Gasteiger partial charge in [0.2, 0.25) is 6.08 Å². The van der Waals surface area contributed by atoms with Gasteiger partial charge in [-0.25, -0.2) is 13.6 Å². The van der Waals surface area contributed by atoms with Gasteiger partial charge in [0.1, 0.15) is 0 Å². The summed E-state index contributed by atoms with van der Waals surface area (Å²) in [5.41, 5.74) is 0.0880. The van der Waals surface area contributed by atoms with Gasteiger partial charge in [0, 0.05) is 4.90 Å². The third-order valence-corrected chi connectivity index (χ3v) is 2.44. The van der Waals surface area contributed by atoms with E-state index in [1.807, 2.05) is 0 Å². The minimum Gasteiger partial charge on any atom is -0.211 e. The molecule has 0 aromatic heterocycles. The third-order valence-electron chi connectivity index (χ3n) is 1.50. The molecule has 0 fully saturated rings. The molecular weight excluding hydrogens is 246 g/mol. The van der Waals surface area contributed by atoms with Crippen molar-refractivity contribution in [1.82, 2.24) is 0 Å². The number of hydrogen-bond donors (Lipinski definition) is 0. The zero-order valence-corrected chi connectivity index (χ0v) is 8.48. The molecule has 0 bridgehead atoms. The van der Waals surface area contributed by atoms with E-state index in [0.717, 1.165) is 6.07 Å². The van der Waals surface area contributed by atoms with Gasteiger partial charge in [0.15, 0.2) is 0 Å². The van der Waals surface area contributed by atoms with Gasteiger partial charge in [-0.15, -0.1) is 0 Å². The fraction of sp³-hybridized carbons (Fsp3) is 0.222. The Bertz CT molecular complexity index is 418. The van der Waals surface area contributed by atoms with Crippen LogP contribution in [-0.4, -0.2) is 17.8 Å². The van der Waals surface area contributed by atoms with E-state index in [4.69, 9.17) is 0 Å². The zero-order chi connectivity index (χ0) is 12.2. The summed E-state index contributed by atoms with van der Waals surface area (Å²) in [4.78, 5) is 13.0. The number of thioether (sulfide) groups is 1. The maximum atomic E-state index is 12.7. The second-order valence-corrected chi connectivity index (χ2v) is 3.88. The summed E-state index contributed by atoms with van der Waals surface area (Å²) in [7, 11) is 0. The number of hydrogen-bond acceptors (Lipinski definition) is 3. The molecule has 0 N–H and O–H groups in total. The molecule has 86 valence electrons. The highest BCUT2D eigenvalue weighted by Crippen LogP contribution is 2.41. The first kappa shape index (κ1) is 12.7. The molecule has 0 saturated carbocycles. The molecule has 0 saturated heterocycles. The molecule has 0 unspecified atom stereocenters. The average Bonchev–Trinajstić information content (AvgIpc) is 2.17. The van der Waals surface area contributed by atoms with Crippen LogP contribution in [0.4, 0.5) is 23.2 Å². The Morgan fingerprint density at radius 3 is 2.62 bits per heavy atom. The third kappa shape index (κ3) is 3.36. The summed E-state index contributed by atoms with van der Waals surface area (Å²) in [6.07, 6.45) is -2.53. The standard InChI is InChI=1S/C9H5F4NOS/c10-8(11)9(12,13)16-7-3-1-2-6(4-7)14-5-15/h1-4,8H. The van der Waals surface area contributed by atoms with Crippen LogP contribution in [0.15, 0.2) is 34.2 Å². The Hall–Kier alpha value is -1.33. The van der Waals surface area contributed by atoms with Crippen molar-refractivity contribution in [2.45, 2.75) is 16.6 Å². The van der Waals surface area contributed by atoms with E-state index in [1.54, 1.807) is 0 Å². The van der Waals surface area contributed by atoms with Crippen LogP contribution in [0.2, 0.25) is 0 Å². The normalized spacial score (nSPS) is 11.3. The highest BCUT2D eigenvalue weighted by molar-refractivity contribution is 8.00. The van der Waals surface area contributed by atoms with Gasteiger partial charge in [-0.1, -0.05) is 6.07 Å². The molecule has 0 aliphatic carbocycles. The van der Waals surface area contributed by atoms with Crippen LogP contribution in [0.25, 0.3) is 0 Å². The van der Waals surface area contributed by atoms with Crippen molar-refractivity contribution >= 4 is 23.5 Å². The van der Waals surface area contributed by atoms with Gasteiger partial charge in [-0.2, -0.15) is 13.8 Å². The number of halogens is 4. The zero-order valence-electron chi connectivity index (χ0n) is 7.66. The van der Waals surface area contributed by atoms with Crippen LogP contribution in [0.5, 0.6) is 0 Å². The van der Waals surface area contributed by atoms with Crippen LogP contribution in [0.1, 0.15) is 0 Å². The van der Waals surface area contributed by atoms with Gasteiger partial charge in [-0.3, -0.25) is 0 Å². The fourth-order valence-corrected chi connectivity index (χ4v) is 1.60. The molecule has 0 heterocycles. The van der Waals surface area contributed by atoms with E-state index in [0.29, 0.717) is 0 Å². The summed E-state index contributed by atoms with van der Waals surface area (Å²) >= 11 is -0.279. The first-order valence-electron chi connectivity index (χ1n) is 3.98. The van der Waals surface area contributed by atoms with E-state index in [1.165, 1.54) is 24.3 Å². The van der Waals surface area contributed by atoms with Crippen molar-refractivity contribution in [3.8, 4) is 0 Å². The number of aliphatic imine (C=N–C) groups is 1. The lowest BCUT2D eigenvalue weighted by atomic mass is 10.3. The maximum Gasteiger partial charge on any atom is 0.357 e. The van der Waals surface area contributed by atoms with E-state index in [2.05, 4.69) is 4.99 Å². The van der Waals surface area contributed by atoms with Gasteiger partial charge in [-0.05, 0) is 30.0 Å². The summed E-state index contributed by atoms with van der Waals surface area (Å²) in [5.74, 6) is 0. The van der Waals surface area contributed by atoms with Gasteiger partial charge in [0.05, 0.1) is 5.69 Å².